The highest BCUT2D eigenvalue weighted by molar-refractivity contribution is 7.60. The van der Waals surface area contributed by atoms with Crippen LogP contribution < -0.4 is 0 Å². The number of hydrogen-bond donors (Lipinski definition) is 0. The molecule has 0 bridgehead atoms. The summed E-state index contributed by atoms with van der Waals surface area (Å²) in [7, 11) is -2.49. The minimum absolute atomic E-state index is 0.335. The van der Waals surface area contributed by atoms with Crippen LogP contribution in [0.4, 0.5) is 0 Å². The maximum absolute atomic E-state index is 12.4. The van der Waals surface area contributed by atoms with Crippen LogP contribution in [0.5, 0.6) is 0 Å². The first-order chi connectivity index (χ1) is 11.4. The van der Waals surface area contributed by atoms with Gasteiger partial charge in [0, 0.05) is 0 Å². The van der Waals surface area contributed by atoms with Crippen molar-refractivity contribution in [1.82, 2.24) is 0 Å². The fraction of sp³-hybridized carbons (Fsp3) is 0.316. The Morgan fingerprint density at radius 2 is 1.67 bits per heavy atom. The van der Waals surface area contributed by atoms with Crippen molar-refractivity contribution in [3.8, 4) is 0 Å². The second-order valence-electron chi connectivity index (χ2n) is 5.81. The molecule has 0 aliphatic heterocycles. The molecule has 2 rings (SSSR count). The average molecular weight is 345 g/mol. The first-order valence-electron chi connectivity index (χ1n) is 7.80. The highest BCUT2D eigenvalue weighted by Gasteiger charge is 2.37. The average Bonchev–Trinajstić information content (AvgIpc) is 2.52. The molecule has 0 aliphatic rings. The van der Waals surface area contributed by atoms with E-state index in [-0.39, 0.29) is 0 Å². The van der Waals surface area contributed by atoms with Crippen LogP contribution in [-0.4, -0.2) is 11.8 Å². The minimum Gasteiger partial charge on any atom is -0.344 e. The lowest BCUT2D eigenvalue weighted by molar-refractivity contribution is -0.0711. The van der Waals surface area contributed by atoms with Gasteiger partial charge in [-0.3, -0.25) is 0 Å². The number of rotatable bonds is 7. The van der Waals surface area contributed by atoms with Crippen LogP contribution in [0.15, 0.2) is 42.5 Å². The summed E-state index contributed by atoms with van der Waals surface area (Å²) < 4.78 is 23.0. The number of carbonyl (C=O) groups is 1. The Balaban J connectivity index is 1.98. The van der Waals surface area contributed by atoms with E-state index in [1.807, 2.05) is 63.2 Å². The standard InChI is InChI=1S/C19H22O4P/c1-13-10-14(2)18(15(3)11-13)19(20)24(21)23-16(4)22-12-17-8-6-5-7-9-17/h5-11,16H,12H2,1-4H3/q+1. The molecule has 0 amide bonds. The highest BCUT2D eigenvalue weighted by Crippen LogP contribution is 2.33. The first-order valence-corrected chi connectivity index (χ1v) is 8.98. The smallest absolute Gasteiger partial charge is 0.344 e. The van der Waals surface area contributed by atoms with Gasteiger partial charge in [-0.2, -0.15) is 0 Å². The van der Waals surface area contributed by atoms with Crippen molar-refractivity contribution in [2.75, 3.05) is 0 Å². The van der Waals surface area contributed by atoms with Crippen LogP contribution in [0.3, 0.4) is 0 Å². The van der Waals surface area contributed by atoms with Gasteiger partial charge in [0.2, 0.25) is 6.29 Å². The van der Waals surface area contributed by atoms with Crippen molar-refractivity contribution in [3.05, 3.63) is 70.3 Å². The summed E-state index contributed by atoms with van der Waals surface area (Å²) in [5, 5.41) is 0. The molecule has 0 saturated heterocycles. The van der Waals surface area contributed by atoms with Crippen LogP contribution in [0.2, 0.25) is 0 Å². The molecule has 0 saturated carbocycles. The van der Waals surface area contributed by atoms with Crippen LogP contribution in [0.25, 0.3) is 0 Å². The summed E-state index contributed by atoms with van der Waals surface area (Å²) in [6, 6.07) is 13.4. The van der Waals surface area contributed by atoms with Gasteiger partial charge in [0.15, 0.2) is 0 Å². The predicted molar refractivity (Wildman–Crippen MR) is 94.4 cm³/mol. The molecule has 0 N–H and O–H groups in total. The number of carbonyl (C=O) groups excluding carboxylic acids is 1. The number of ether oxygens (including phenoxy) is 1. The third kappa shape index (κ3) is 4.81. The summed E-state index contributed by atoms with van der Waals surface area (Å²) in [6.45, 7) is 7.61. The molecule has 0 fully saturated rings. The molecular weight excluding hydrogens is 323 g/mol. The molecule has 5 heteroatoms. The predicted octanol–water partition coefficient (Wildman–Crippen LogP) is 5.07. The van der Waals surface area contributed by atoms with E-state index in [1.54, 1.807) is 6.92 Å². The Labute approximate surface area is 143 Å². The van der Waals surface area contributed by atoms with E-state index in [4.69, 9.17) is 9.26 Å². The lowest BCUT2D eigenvalue weighted by Crippen LogP contribution is -2.11. The Hall–Kier alpha value is -1.87. The molecule has 126 valence electrons. The van der Waals surface area contributed by atoms with Crippen molar-refractivity contribution < 1.29 is 18.6 Å². The number of benzene rings is 2. The lowest BCUT2D eigenvalue weighted by Gasteiger charge is -2.08. The monoisotopic (exact) mass is 345 g/mol. The normalized spacial score (nSPS) is 12.8. The van der Waals surface area contributed by atoms with Gasteiger partial charge in [-0.1, -0.05) is 48.0 Å². The SMILES string of the molecule is Cc1cc(C)c(C(=O)[P+](=O)OC(C)OCc2ccccc2)c(C)c1. The zero-order valence-corrected chi connectivity index (χ0v) is 15.3. The number of hydrogen-bond acceptors (Lipinski definition) is 4. The summed E-state index contributed by atoms with van der Waals surface area (Å²) in [4.78, 5) is 12.4. The van der Waals surface area contributed by atoms with Gasteiger partial charge in [0.05, 0.1) is 12.2 Å². The Bertz CT molecular complexity index is 717. The summed E-state index contributed by atoms with van der Waals surface area (Å²) in [6.07, 6.45) is -0.733. The van der Waals surface area contributed by atoms with Crippen molar-refractivity contribution in [3.63, 3.8) is 0 Å². The van der Waals surface area contributed by atoms with Crippen LogP contribution in [-0.2, 0) is 20.4 Å². The third-order valence-electron chi connectivity index (χ3n) is 3.63. The molecule has 24 heavy (non-hydrogen) atoms. The van der Waals surface area contributed by atoms with Crippen LogP contribution in [0, 0.1) is 20.8 Å². The van der Waals surface area contributed by atoms with Gasteiger partial charge in [0.25, 0.3) is 0 Å². The third-order valence-corrected chi connectivity index (χ3v) is 4.67. The molecule has 2 unspecified atom stereocenters. The zero-order chi connectivity index (χ0) is 17.7. The Morgan fingerprint density at radius 1 is 1.08 bits per heavy atom. The molecular formula is C19H22O4P+. The quantitative estimate of drug-likeness (QED) is 0.519. The maximum Gasteiger partial charge on any atom is 0.595 e. The minimum atomic E-state index is -2.49. The second kappa shape index (κ2) is 8.29. The van der Waals surface area contributed by atoms with Crippen molar-refractivity contribution in [1.29, 1.82) is 0 Å². The van der Waals surface area contributed by atoms with E-state index >= 15 is 0 Å². The largest absolute Gasteiger partial charge is 0.595 e. The van der Waals surface area contributed by atoms with Crippen LogP contribution >= 0.6 is 8.03 Å². The van der Waals surface area contributed by atoms with E-state index in [0.717, 1.165) is 22.3 Å². The van der Waals surface area contributed by atoms with Gasteiger partial charge in [0.1, 0.15) is 0 Å². The van der Waals surface area contributed by atoms with E-state index < -0.39 is 19.8 Å². The van der Waals surface area contributed by atoms with Crippen molar-refractivity contribution >= 4 is 13.6 Å². The summed E-state index contributed by atoms with van der Waals surface area (Å²) in [5.41, 5.74) is 3.65. The molecule has 0 aromatic heterocycles. The van der Waals surface area contributed by atoms with Gasteiger partial charge in [-0.05, 0) is 49.0 Å². The number of aryl methyl sites for hydroxylation is 3. The second-order valence-corrected chi connectivity index (χ2v) is 6.94. The molecule has 2 aromatic carbocycles. The van der Waals surface area contributed by atoms with Gasteiger partial charge >= 0.3 is 13.6 Å². The van der Waals surface area contributed by atoms with E-state index in [9.17, 15) is 9.36 Å². The van der Waals surface area contributed by atoms with Gasteiger partial charge < -0.3 is 4.74 Å². The molecule has 0 aliphatic carbocycles. The zero-order valence-electron chi connectivity index (χ0n) is 14.4. The first kappa shape index (κ1) is 18.5. The topological polar surface area (TPSA) is 52.6 Å². The molecule has 0 spiro atoms. The van der Waals surface area contributed by atoms with Crippen molar-refractivity contribution in [2.24, 2.45) is 0 Å². The fourth-order valence-electron chi connectivity index (χ4n) is 2.61. The van der Waals surface area contributed by atoms with E-state index in [0.29, 0.717) is 12.2 Å². The van der Waals surface area contributed by atoms with Crippen molar-refractivity contribution in [2.45, 2.75) is 40.6 Å². The molecule has 0 radical (unpaired) electrons. The highest BCUT2D eigenvalue weighted by atomic mass is 31.1. The molecule has 2 atom stereocenters. The van der Waals surface area contributed by atoms with Gasteiger partial charge in [-0.25, -0.2) is 4.79 Å². The fourth-order valence-corrected chi connectivity index (χ4v) is 3.57. The molecule has 4 nitrogen and oxygen atoms in total. The van der Waals surface area contributed by atoms with E-state index in [2.05, 4.69) is 0 Å². The van der Waals surface area contributed by atoms with E-state index in [1.165, 1.54) is 0 Å². The summed E-state index contributed by atoms with van der Waals surface area (Å²) in [5.74, 6) is 0. The van der Waals surface area contributed by atoms with Gasteiger partial charge in [-0.15, -0.1) is 4.52 Å². The lowest BCUT2D eigenvalue weighted by atomic mass is 10.0. The molecule has 2 aromatic rings. The summed E-state index contributed by atoms with van der Waals surface area (Å²) >= 11 is 0. The maximum atomic E-state index is 12.4. The van der Waals surface area contributed by atoms with Crippen LogP contribution in [0.1, 0.15) is 39.5 Å². The Kier molecular flexibility index (Phi) is 6.38. The Morgan fingerprint density at radius 3 is 2.25 bits per heavy atom. The molecule has 0 heterocycles.